The number of methoxy groups -OCH3 is 1. The Morgan fingerprint density at radius 3 is 2.25 bits per heavy atom. The summed E-state index contributed by atoms with van der Waals surface area (Å²) in [6.45, 7) is 1.93. The fourth-order valence-electron chi connectivity index (χ4n) is 0.883. The third-order valence-corrected chi connectivity index (χ3v) is 1.53. The molecule has 0 saturated carbocycles. The van der Waals surface area contributed by atoms with E-state index >= 15 is 0 Å². The fraction of sp³-hybridized carbons (Fsp3) is 0.250. The third kappa shape index (κ3) is 6.62. The van der Waals surface area contributed by atoms with Crippen LogP contribution in [0, 0.1) is 0 Å². The van der Waals surface area contributed by atoms with E-state index in [0.717, 1.165) is 17.4 Å². The highest BCUT2D eigenvalue weighted by Gasteiger charge is 1.91. The highest BCUT2D eigenvalue weighted by molar-refractivity contribution is 5.85. The molecule has 0 aliphatic heterocycles. The number of benzene rings is 1. The average Bonchev–Trinajstić information content (AvgIpc) is 2.28. The van der Waals surface area contributed by atoms with Gasteiger partial charge in [-0.15, -0.1) is 0 Å². The third-order valence-electron chi connectivity index (χ3n) is 1.53. The fourth-order valence-corrected chi connectivity index (χ4v) is 0.883. The normalized spacial score (nSPS) is 9.44. The van der Waals surface area contributed by atoms with E-state index in [9.17, 15) is 4.79 Å². The summed E-state index contributed by atoms with van der Waals surface area (Å²) >= 11 is 0. The number of carboxylic acid groups (broad SMARTS) is 1. The first-order valence-corrected chi connectivity index (χ1v) is 4.80. The van der Waals surface area contributed by atoms with Gasteiger partial charge in [-0.2, -0.15) is 0 Å². The average molecular weight is 224 g/mol. The first-order chi connectivity index (χ1) is 7.63. The number of aliphatic hydroxyl groups is 1. The van der Waals surface area contributed by atoms with Crippen molar-refractivity contribution in [1.82, 2.24) is 0 Å². The van der Waals surface area contributed by atoms with E-state index in [1.165, 1.54) is 6.08 Å². The van der Waals surface area contributed by atoms with Crippen molar-refractivity contribution in [2.45, 2.75) is 6.92 Å². The van der Waals surface area contributed by atoms with Crippen LogP contribution in [0.25, 0.3) is 6.08 Å². The van der Waals surface area contributed by atoms with Crippen molar-refractivity contribution in [3.63, 3.8) is 0 Å². The van der Waals surface area contributed by atoms with Gasteiger partial charge < -0.3 is 14.9 Å². The molecular formula is C12H16O4. The van der Waals surface area contributed by atoms with Crippen LogP contribution in [0.2, 0.25) is 0 Å². The van der Waals surface area contributed by atoms with E-state index in [1.54, 1.807) is 38.3 Å². The summed E-state index contributed by atoms with van der Waals surface area (Å²) in [5.41, 5.74) is 0.836. The van der Waals surface area contributed by atoms with E-state index in [4.69, 9.17) is 14.9 Å². The second kappa shape index (κ2) is 8.49. The summed E-state index contributed by atoms with van der Waals surface area (Å²) in [6, 6.07) is 7.14. The molecule has 0 unspecified atom stereocenters. The molecule has 0 spiro atoms. The SMILES string of the molecule is CCO.COc1ccc(/C=C/C(=O)O)cc1. The van der Waals surface area contributed by atoms with Gasteiger partial charge >= 0.3 is 5.97 Å². The maximum atomic E-state index is 10.2. The molecule has 1 aromatic carbocycles. The van der Waals surface area contributed by atoms with Crippen molar-refractivity contribution in [2.24, 2.45) is 0 Å². The highest BCUT2D eigenvalue weighted by atomic mass is 16.5. The molecule has 0 aliphatic rings. The standard InChI is InChI=1S/C10H10O3.C2H6O/c1-13-9-5-2-8(3-6-9)4-7-10(11)12;1-2-3/h2-7H,1H3,(H,11,12);3H,2H2,1H3/b7-4+;. The lowest BCUT2D eigenvalue weighted by molar-refractivity contribution is -0.131. The van der Waals surface area contributed by atoms with E-state index in [0.29, 0.717) is 0 Å². The molecule has 1 aromatic rings. The zero-order valence-corrected chi connectivity index (χ0v) is 9.38. The van der Waals surface area contributed by atoms with E-state index < -0.39 is 5.97 Å². The minimum Gasteiger partial charge on any atom is -0.497 e. The van der Waals surface area contributed by atoms with Gasteiger partial charge in [-0.05, 0) is 30.7 Å². The molecular weight excluding hydrogens is 208 g/mol. The molecule has 16 heavy (non-hydrogen) atoms. The minimum atomic E-state index is -0.948. The van der Waals surface area contributed by atoms with Crippen LogP contribution in [0.15, 0.2) is 30.3 Å². The largest absolute Gasteiger partial charge is 0.497 e. The van der Waals surface area contributed by atoms with Gasteiger partial charge in [-0.3, -0.25) is 0 Å². The van der Waals surface area contributed by atoms with E-state index in [1.807, 2.05) is 0 Å². The molecule has 0 aliphatic carbocycles. The molecule has 0 bridgehead atoms. The molecule has 4 heteroatoms. The first-order valence-electron chi connectivity index (χ1n) is 4.80. The van der Waals surface area contributed by atoms with Crippen molar-refractivity contribution in [2.75, 3.05) is 13.7 Å². The lowest BCUT2D eigenvalue weighted by Crippen LogP contribution is -1.86. The molecule has 0 fully saturated rings. The van der Waals surface area contributed by atoms with E-state index in [-0.39, 0.29) is 6.61 Å². The molecule has 1 rings (SSSR count). The Morgan fingerprint density at radius 1 is 1.38 bits per heavy atom. The highest BCUT2D eigenvalue weighted by Crippen LogP contribution is 2.11. The molecule has 0 aromatic heterocycles. The maximum absolute atomic E-state index is 10.2. The predicted octanol–water partition coefficient (Wildman–Crippen LogP) is 1.79. The van der Waals surface area contributed by atoms with Crippen molar-refractivity contribution in [3.05, 3.63) is 35.9 Å². The van der Waals surface area contributed by atoms with Crippen LogP contribution >= 0.6 is 0 Å². The van der Waals surface area contributed by atoms with Gasteiger partial charge in [0.15, 0.2) is 0 Å². The predicted molar refractivity (Wildman–Crippen MR) is 62.4 cm³/mol. The summed E-state index contributed by atoms with van der Waals surface area (Å²) < 4.78 is 4.95. The summed E-state index contributed by atoms with van der Waals surface area (Å²) in [7, 11) is 1.59. The minimum absolute atomic E-state index is 0.250. The van der Waals surface area contributed by atoms with Crippen LogP contribution in [0.3, 0.4) is 0 Å². The van der Waals surface area contributed by atoms with Gasteiger partial charge in [0.25, 0.3) is 0 Å². The monoisotopic (exact) mass is 224 g/mol. The van der Waals surface area contributed by atoms with Crippen LogP contribution in [0.5, 0.6) is 5.75 Å². The van der Waals surface area contributed by atoms with Gasteiger partial charge in [-0.25, -0.2) is 4.79 Å². The van der Waals surface area contributed by atoms with Crippen LogP contribution in [-0.4, -0.2) is 29.9 Å². The number of hydrogen-bond acceptors (Lipinski definition) is 3. The number of rotatable bonds is 3. The molecule has 0 atom stereocenters. The van der Waals surface area contributed by atoms with Crippen molar-refractivity contribution < 1.29 is 19.7 Å². The van der Waals surface area contributed by atoms with Crippen molar-refractivity contribution in [3.8, 4) is 5.75 Å². The van der Waals surface area contributed by atoms with Crippen LogP contribution in [0.4, 0.5) is 0 Å². The smallest absolute Gasteiger partial charge is 0.328 e. The topological polar surface area (TPSA) is 66.8 Å². The van der Waals surface area contributed by atoms with Gasteiger partial charge in [0.1, 0.15) is 5.75 Å². The molecule has 0 amide bonds. The summed E-state index contributed by atoms with van der Waals surface area (Å²) in [5, 5.41) is 15.9. The number of aliphatic hydroxyl groups excluding tert-OH is 1. The summed E-state index contributed by atoms with van der Waals surface area (Å²) in [5.74, 6) is -0.191. The van der Waals surface area contributed by atoms with Gasteiger partial charge in [0.2, 0.25) is 0 Å². The molecule has 88 valence electrons. The van der Waals surface area contributed by atoms with Crippen molar-refractivity contribution >= 4 is 12.0 Å². The van der Waals surface area contributed by atoms with Crippen LogP contribution in [0.1, 0.15) is 12.5 Å². The number of carboxylic acids is 1. The van der Waals surface area contributed by atoms with Gasteiger partial charge in [0.05, 0.1) is 7.11 Å². The quantitative estimate of drug-likeness (QED) is 0.768. The Kier molecular flexibility index (Phi) is 7.53. The van der Waals surface area contributed by atoms with Crippen LogP contribution in [-0.2, 0) is 4.79 Å². The summed E-state index contributed by atoms with van der Waals surface area (Å²) in [6.07, 6.45) is 2.63. The molecule has 4 nitrogen and oxygen atoms in total. The Bertz CT molecular complexity index is 327. The Labute approximate surface area is 94.8 Å². The molecule has 0 saturated heterocycles. The first kappa shape index (κ1) is 14.2. The van der Waals surface area contributed by atoms with Crippen LogP contribution < -0.4 is 4.74 Å². The lowest BCUT2D eigenvalue weighted by atomic mass is 10.2. The molecule has 0 heterocycles. The summed E-state index contributed by atoms with van der Waals surface area (Å²) in [4.78, 5) is 10.2. The van der Waals surface area contributed by atoms with Gasteiger partial charge in [0, 0.05) is 12.7 Å². The number of hydrogen-bond donors (Lipinski definition) is 2. The zero-order chi connectivity index (χ0) is 12.4. The van der Waals surface area contributed by atoms with Gasteiger partial charge in [-0.1, -0.05) is 12.1 Å². The maximum Gasteiger partial charge on any atom is 0.328 e. The Balaban J connectivity index is 0.000000673. The number of carbonyl (C=O) groups is 1. The zero-order valence-electron chi connectivity index (χ0n) is 9.38. The number of ether oxygens (including phenoxy) is 1. The molecule has 2 N–H and O–H groups in total. The Morgan fingerprint density at radius 2 is 1.88 bits per heavy atom. The number of aliphatic carboxylic acids is 1. The van der Waals surface area contributed by atoms with Crippen molar-refractivity contribution in [1.29, 1.82) is 0 Å². The molecule has 0 radical (unpaired) electrons. The van der Waals surface area contributed by atoms with E-state index in [2.05, 4.69) is 0 Å². The second-order valence-electron chi connectivity index (χ2n) is 2.76. The Hall–Kier alpha value is -1.81. The second-order valence-corrected chi connectivity index (χ2v) is 2.76. The lowest BCUT2D eigenvalue weighted by Gasteiger charge is -1.98.